The van der Waals surface area contributed by atoms with Crippen molar-refractivity contribution in [1.82, 2.24) is 10.6 Å². The SMILES string of the molecule is Cc1c2c3c(ccc4c5ccc6c7c(ccc(c(c1C)c34)c75)C(=O)NC6=O)C(=O)NC2=O. The second-order valence-corrected chi connectivity index (χ2v) is 8.55. The number of rotatable bonds is 0. The first kappa shape index (κ1) is 17.4. The molecule has 2 aliphatic heterocycles. The lowest BCUT2D eigenvalue weighted by Crippen LogP contribution is -2.35. The second-order valence-electron chi connectivity index (χ2n) is 8.55. The molecule has 5 aromatic carbocycles. The van der Waals surface area contributed by atoms with Gasteiger partial charge in [-0.3, -0.25) is 29.8 Å². The number of carbonyl (C=O) groups is 4. The average Bonchev–Trinajstić information content (AvgIpc) is 2.77. The Balaban J connectivity index is 1.87. The van der Waals surface area contributed by atoms with Gasteiger partial charge >= 0.3 is 0 Å². The summed E-state index contributed by atoms with van der Waals surface area (Å²) in [5.41, 5.74) is 3.70. The van der Waals surface area contributed by atoms with Gasteiger partial charge in [0.2, 0.25) is 0 Å². The Hall–Kier alpha value is -4.32. The van der Waals surface area contributed by atoms with E-state index in [9.17, 15) is 19.2 Å². The number of imide groups is 2. The summed E-state index contributed by atoms with van der Waals surface area (Å²) in [6, 6.07) is 10.9. The van der Waals surface area contributed by atoms with E-state index in [4.69, 9.17) is 0 Å². The van der Waals surface area contributed by atoms with E-state index in [1.165, 1.54) is 0 Å². The lowest BCUT2D eigenvalue weighted by atomic mass is 9.79. The third kappa shape index (κ3) is 1.74. The Labute approximate surface area is 180 Å². The van der Waals surface area contributed by atoms with Crippen LogP contribution in [0.4, 0.5) is 0 Å². The topological polar surface area (TPSA) is 92.3 Å². The fraction of sp³-hybridized carbons (Fsp3) is 0.0769. The van der Waals surface area contributed by atoms with Crippen LogP contribution in [-0.2, 0) is 0 Å². The van der Waals surface area contributed by atoms with Gasteiger partial charge in [-0.05, 0) is 75.5 Å². The lowest BCUT2D eigenvalue weighted by molar-refractivity contribution is 0.0828. The van der Waals surface area contributed by atoms with E-state index in [1.807, 2.05) is 32.0 Å². The Morgan fingerprint density at radius 2 is 0.969 bits per heavy atom. The fourth-order valence-electron chi connectivity index (χ4n) is 5.68. The summed E-state index contributed by atoms with van der Waals surface area (Å²) in [7, 11) is 0. The number of amides is 4. The van der Waals surface area contributed by atoms with Crippen LogP contribution in [0.2, 0.25) is 0 Å². The summed E-state index contributed by atoms with van der Waals surface area (Å²) in [5.74, 6) is -1.60. The van der Waals surface area contributed by atoms with Gasteiger partial charge in [-0.25, -0.2) is 0 Å². The molecule has 0 aliphatic carbocycles. The van der Waals surface area contributed by atoms with Crippen LogP contribution in [0, 0.1) is 13.8 Å². The zero-order valence-electron chi connectivity index (χ0n) is 17.1. The van der Waals surface area contributed by atoms with Gasteiger partial charge < -0.3 is 0 Å². The van der Waals surface area contributed by atoms with Crippen molar-refractivity contribution < 1.29 is 19.2 Å². The minimum Gasteiger partial charge on any atom is -0.288 e. The molecule has 2 N–H and O–H groups in total. The Bertz CT molecular complexity index is 1790. The van der Waals surface area contributed by atoms with E-state index in [0.717, 1.165) is 43.4 Å². The third-order valence-electron chi connectivity index (χ3n) is 7.15. The summed E-state index contributed by atoms with van der Waals surface area (Å²) in [5, 5.41) is 11.5. The molecule has 0 bridgehead atoms. The predicted octanol–water partition coefficient (Wildman–Crippen LogP) is 4.12. The largest absolute Gasteiger partial charge is 0.288 e. The number of hydrogen-bond acceptors (Lipinski definition) is 4. The number of carbonyl (C=O) groups excluding carboxylic acids is 4. The van der Waals surface area contributed by atoms with Crippen LogP contribution in [0.1, 0.15) is 52.6 Å². The smallest absolute Gasteiger partial charge is 0.259 e. The molecule has 32 heavy (non-hydrogen) atoms. The molecule has 6 heteroatoms. The monoisotopic (exact) mass is 418 g/mol. The molecule has 5 aromatic rings. The van der Waals surface area contributed by atoms with Gasteiger partial charge in [0.15, 0.2) is 0 Å². The van der Waals surface area contributed by atoms with Crippen molar-refractivity contribution in [3.63, 3.8) is 0 Å². The number of nitrogens with one attached hydrogen (secondary N) is 2. The average molecular weight is 418 g/mol. The van der Waals surface area contributed by atoms with Gasteiger partial charge in [-0.15, -0.1) is 0 Å². The Morgan fingerprint density at radius 3 is 1.59 bits per heavy atom. The predicted molar refractivity (Wildman–Crippen MR) is 121 cm³/mol. The molecule has 0 spiro atoms. The molecule has 0 aromatic heterocycles. The Kier molecular flexibility index (Phi) is 2.87. The van der Waals surface area contributed by atoms with Crippen LogP contribution in [0.5, 0.6) is 0 Å². The number of benzene rings is 5. The second kappa shape index (κ2) is 5.29. The van der Waals surface area contributed by atoms with Crippen LogP contribution >= 0.6 is 0 Å². The molecule has 0 fully saturated rings. The van der Waals surface area contributed by atoms with Crippen LogP contribution in [0.25, 0.3) is 43.1 Å². The number of aryl methyl sites for hydroxylation is 1. The molecule has 2 heterocycles. The van der Waals surface area contributed by atoms with E-state index in [0.29, 0.717) is 33.0 Å². The number of fused-ring (bicyclic) bond motifs is 2. The van der Waals surface area contributed by atoms with Gasteiger partial charge in [0.05, 0.1) is 5.56 Å². The molecule has 6 nitrogen and oxygen atoms in total. The summed E-state index contributed by atoms with van der Waals surface area (Å²) >= 11 is 0. The summed E-state index contributed by atoms with van der Waals surface area (Å²) in [6.07, 6.45) is 0. The quantitative estimate of drug-likeness (QED) is 0.225. The van der Waals surface area contributed by atoms with Crippen LogP contribution in [0.15, 0.2) is 36.4 Å². The number of hydrogen-bond donors (Lipinski definition) is 2. The van der Waals surface area contributed by atoms with Gasteiger partial charge in [-0.1, -0.05) is 18.2 Å². The molecule has 0 radical (unpaired) electrons. The molecule has 0 unspecified atom stereocenters. The first-order valence-electron chi connectivity index (χ1n) is 10.3. The fourth-order valence-corrected chi connectivity index (χ4v) is 5.68. The van der Waals surface area contributed by atoms with Crippen LogP contribution in [0.3, 0.4) is 0 Å². The normalized spacial score (nSPS) is 15.3. The minimum absolute atomic E-state index is 0.384. The summed E-state index contributed by atoms with van der Waals surface area (Å²) in [4.78, 5) is 50.6. The van der Waals surface area contributed by atoms with Gasteiger partial charge in [0.25, 0.3) is 23.6 Å². The molecule has 4 amide bonds. The van der Waals surface area contributed by atoms with Crippen molar-refractivity contribution in [2.24, 2.45) is 0 Å². The lowest BCUT2D eigenvalue weighted by Gasteiger charge is -2.26. The molecule has 7 rings (SSSR count). The van der Waals surface area contributed by atoms with Crippen molar-refractivity contribution in [2.45, 2.75) is 13.8 Å². The summed E-state index contributed by atoms with van der Waals surface area (Å²) < 4.78 is 0. The molecule has 2 aliphatic rings. The molecule has 0 saturated carbocycles. The van der Waals surface area contributed by atoms with E-state index < -0.39 is 17.7 Å². The first-order valence-corrected chi connectivity index (χ1v) is 10.3. The maximum Gasteiger partial charge on any atom is 0.259 e. The van der Waals surface area contributed by atoms with Crippen LogP contribution < -0.4 is 10.6 Å². The van der Waals surface area contributed by atoms with Gasteiger partial charge in [0.1, 0.15) is 0 Å². The standard InChI is InChI=1S/C26H14N2O4/c1-9-10(2)18-22-16(25(31)28-26(18)32)7-4-12-11-3-6-14-20-15(24(30)27-23(14)29)8-5-13(19(11)20)17(9)21(12)22/h3-8H,1-2H3,(H,27,29,30)(H,28,31,32). The van der Waals surface area contributed by atoms with Crippen LogP contribution in [-0.4, -0.2) is 23.6 Å². The van der Waals surface area contributed by atoms with Crippen molar-refractivity contribution in [2.75, 3.05) is 0 Å². The summed E-state index contributed by atoms with van der Waals surface area (Å²) in [6.45, 7) is 3.86. The highest BCUT2D eigenvalue weighted by Gasteiger charge is 2.32. The minimum atomic E-state index is -0.405. The zero-order chi connectivity index (χ0) is 22.0. The van der Waals surface area contributed by atoms with Gasteiger partial charge in [0, 0.05) is 27.5 Å². The highest BCUT2D eigenvalue weighted by atomic mass is 16.2. The highest BCUT2D eigenvalue weighted by Crippen LogP contribution is 2.47. The molecule has 152 valence electrons. The van der Waals surface area contributed by atoms with E-state index in [-0.39, 0.29) is 5.91 Å². The first-order chi connectivity index (χ1) is 15.4. The molecular formula is C26H14N2O4. The van der Waals surface area contributed by atoms with Crippen molar-refractivity contribution >= 4 is 66.7 Å². The zero-order valence-corrected chi connectivity index (χ0v) is 17.1. The molecule has 0 saturated heterocycles. The Morgan fingerprint density at radius 1 is 0.469 bits per heavy atom. The third-order valence-corrected chi connectivity index (χ3v) is 7.15. The van der Waals surface area contributed by atoms with Gasteiger partial charge in [-0.2, -0.15) is 0 Å². The van der Waals surface area contributed by atoms with Crippen molar-refractivity contribution in [1.29, 1.82) is 0 Å². The van der Waals surface area contributed by atoms with E-state index in [1.54, 1.807) is 18.2 Å². The van der Waals surface area contributed by atoms with Crippen molar-refractivity contribution in [3.05, 3.63) is 69.8 Å². The maximum absolute atomic E-state index is 12.8. The van der Waals surface area contributed by atoms with Crippen molar-refractivity contribution in [3.8, 4) is 0 Å². The maximum atomic E-state index is 12.8. The molecule has 0 atom stereocenters. The van der Waals surface area contributed by atoms with E-state index >= 15 is 0 Å². The molecular weight excluding hydrogens is 404 g/mol. The highest BCUT2D eigenvalue weighted by molar-refractivity contribution is 6.41. The van der Waals surface area contributed by atoms with E-state index in [2.05, 4.69) is 10.6 Å².